The maximum Gasteiger partial charge on any atom is 0.348 e. The van der Waals surface area contributed by atoms with Crippen LogP contribution in [-0.2, 0) is 4.74 Å². The van der Waals surface area contributed by atoms with Gasteiger partial charge in [-0.2, -0.15) is 0 Å². The molecule has 0 saturated heterocycles. The number of halogens is 1. The third-order valence-electron chi connectivity index (χ3n) is 2.70. The van der Waals surface area contributed by atoms with Gasteiger partial charge in [0.25, 0.3) is 0 Å². The minimum Gasteiger partial charge on any atom is -0.459 e. The van der Waals surface area contributed by atoms with Gasteiger partial charge in [-0.1, -0.05) is 0 Å². The number of aryl methyl sites for hydroxylation is 1. The van der Waals surface area contributed by atoms with Gasteiger partial charge in [0.15, 0.2) is 0 Å². The Balaban J connectivity index is 2.51. The molecule has 0 amide bonds. The van der Waals surface area contributed by atoms with Crippen molar-refractivity contribution in [2.45, 2.75) is 26.9 Å². The van der Waals surface area contributed by atoms with E-state index in [1.165, 1.54) is 11.3 Å². The maximum absolute atomic E-state index is 12.1. The largest absolute Gasteiger partial charge is 0.459 e. The number of carbonyl (C=O) groups is 1. The molecule has 0 unspecified atom stereocenters. The SMILES string of the molecule is Cc1c(C(=O)OC(C)C)sc2nc(Cl)nc(NCCO)c12. The number of hydrogen-bond donors (Lipinski definition) is 2. The highest BCUT2D eigenvalue weighted by atomic mass is 35.5. The number of anilines is 1. The van der Waals surface area contributed by atoms with Crippen LogP contribution in [0.25, 0.3) is 10.2 Å². The number of rotatable bonds is 5. The Morgan fingerprint density at radius 3 is 2.81 bits per heavy atom. The molecule has 0 saturated carbocycles. The predicted octanol–water partition coefficient (Wildman–Crippen LogP) is 2.62. The topological polar surface area (TPSA) is 84.3 Å². The summed E-state index contributed by atoms with van der Waals surface area (Å²) in [5, 5.41) is 12.7. The van der Waals surface area contributed by atoms with Crippen LogP contribution in [-0.4, -0.2) is 40.3 Å². The summed E-state index contributed by atoms with van der Waals surface area (Å²) in [5.41, 5.74) is 0.748. The lowest BCUT2D eigenvalue weighted by Crippen LogP contribution is -2.11. The van der Waals surface area contributed by atoms with Crippen LogP contribution >= 0.6 is 22.9 Å². The van der Waals surface area contributed by atoms with Crippen molar-refractivity contribution in [3.63, 3.8) is 0 Å². The fourth-order valence-electron chi connectivity index (χ4n) is 1.88. The number of nitrogens with one attached hydrogen (secondary N) is 1. The van der Waals surface area contributed by atoms with E-state index in [2.05, 4.69) is 15.3 Å². The fourth-order valence-corrected chi connectivity index (χ4v) is 3.16. The number of thiophene rings is 1. The molecule has 0 spiro atoms. The molecule has 0 radical (unpaired) electrons. The number of hydrogen-bond acceptors (Lipinski definition) is 7. The second kappa shape index (κ2) is 6.55. The lowest BCUT2D eigenvalue weighted by atomic mass is 10.2. The lowest BCUT2D eigenvalue weighted by molar-refractivity contribution is 0.0383. The van der Waals surface area contributed by atoms with Crippen LogP contribution in [0.15, 0.2) is 0 Å². The van der Waals surface area contributed by atoms with Gasteiger partial charge in [-0.15, -0.1) is 11.3 Å². The second-order valence-corrected chi connectivity index (χ2v) is 6.02. The summed E-state index contributed by atoms with van der Waals surface area (Å²) in [6.45, 7) is 5.71. The third kappa shape index (κ3) is 3.42. The molecule has 0 aliphatic heterocycles. The van der Waals surface area contributed by atoms with Gasteiger partial charge in [-0.25, -0.2) is 14.8 Å². The highest BCUT2D eigenvalue weighted by Gasteiger charge is 2.21. The molecule has 2 aromatic heterocycles. The molecule has 0 aliphatic carbocycles. The van der Waals surface area contributed by atoms with Gasteiger partial charge in [0, 0.05) is 6.54 Å². The Labute approximate surface area is 131 Å². The maximum atomic E-state index is 12.1. The smallest absolute Gasteiger partial charge is 0.348 e. The highest BCUT2D eigenvalue weighted by molar-refractivity contribution is 7.20. The van der Waals surface area contributed by atoms with Crippen molar-refractivity contribution in [3.8, 4) is 0 Å². The predicted molar refractivity (Wildman–Crippen MR) is 83.3 cm³/mol. The van der Waals surface area contributed by atoms with E-state index in [1.807, 2.05) is 6.92 Å². The Hall–Kier alpha value is -1.44. The number of nitrogens with zero attached hydrogens (tertiary/aromatic N) is 2. The number of ether oxygens (including phenoxy) is 1. The zero-order chi connectivity index (χ0) is 15.6. The molecule has 8 heteroatoms. The first kappa shape index (κ1) is 15.9. The number of fused-ring (bicyclic) bond motifs is 1. The molecule has 0 atom stereocenters. The van der Waals surface area contributed by atoms with Crippen LogP contribution in [0.4, 0.5) is 5.82 Å². The monoisotopic (exact) mass is 329 g/mol. The first-order chi connectivity index (χ1) is 9.93. The Morgan fingerprint density at radius 1 is 1.48 bits per heavy atom. The van der Waals surface area contributed by atoms with Crippen molar-refractivity contribution in [2.24, 2.45) is 0 Å². The van der Waals surface area contributed by atoms with Crippen LogP contribution in [0.5, 0.6) is 0 Å². The van der Waals surface area contributed by atoms with Crippen molar-refractivity contribution in [2.75, 3.05) is 18.5 Å². The van der Waals surface area contributed by atoms with Gasteiger partial charge >= 0.3 is 5.97 Å². The Bertz CT molecular complexity index is 672. The standard InChI is InChI=1S/C13H16ClN3O3S/c1-6(2)20-12(19)9-7(3)8-10(15-4-5-18)16-13(14)17-11(8)21-9/h6,18H,4-5H2,1-3H3,(H,15,16,17). The average molecular weight is 330 g/mol. The number of esters is 1. The quantitative estimate of drug-likeness (QED) is 0.648. The van der Waals surface area contributed by atoms with E-state index in [0.717, 1.165) is 10.9 Å². The molecular weight excluding hydrogens is 314 g/mol. The van der Waals surface area contributed by atoms with Crippen molar-refractivity contribution < 1.29 is 14.6 Å². The van der Waals surface area contributed by atoms with Crippen LogP contribution in [0.2, 0.25) is 5.28 Å². The molecule has 2 heterocycles. The van der Waals surface area contributed by atoms with Gasteiger partial charge in [0.2, 0.25) is 5.28 Å². The molecule has 2 rings (SSSR count). The molecule has 21 heavy (non-hydrogen) atoms. The average Bonchev–Trinajstić information content (AvgIpc) is 2.72. The van der Waals surface area contributed by atoms with Crippen LogP contribution in [0.1, 0.15) is 29.1 Å². The summed E-state index contributed by atoms with van der Waals surface area (Å²) in [7, 11) is 0. The van der Waals surface area contributed by atoms with Crippen molar-refractivity contribution in [1.82, 2.24) is 9.97 Å². The van der Waals surface area contributed by atoms with E-state index < -0.39 is 0 Å². The molecular formula is C13H16ClN3O3S. The zero-order valence-corrected chi connectivity index (χ0v) is 13.5. The fraction of sp³-hybridized carbons (Fsp3) is 0.462. The van der Waals surface area contributed by atoms with E-state index in [1.54, 1.807) is 13.8 Å². The molecule has 114 valence electrons. The van der Waals surface area contributed by atoms with Crippen LogP contribution < -0.4 is 5.32 Å². The summed E-state index contributed by atoms with van der Waals surface area (Å²) in [6, 6.07) is 0. The van der Waals surface area contributed by atoms with Gasteiger partial charge in [-0.3, -0.25) is 0 Å². The summed E-state index contributed by atoms with van der Waals surface area (Å²) < 4.78 is 5.23. The Kier molecular flexibility index (Phi) is 4.97. The molecule has 0 bridgehead atoms. The van der Waals surface area contributed by atoms with E-state index in [9.17, 15) is 4.79 Å². The van der Waals surface area contributed by atoms with E-state index in [0.29, 0.717) is 22.1 Å². The number of aromatic nitrogens is 2. The van der Waals surface area contributed by atoms with Crippen molar-refractivity contribution in [3.05, 3.63) is 15.7 Å². The van der Waals surface area contributed by atoms with Gasteiger partial charge in [0.1, 0.15) is 15.5 Å². The first-order valence-corrected chi connectivity index (χ1v) is 7.65. The molecule has 2 aromatic rings. The second-order valence-electron chi connectivity index (χ2n) is 4.68. The lowest BCUT2D eigenvalue weighted by Gasteiger charge is -2.07. The van der Waals surface area contributed by atoms with Gasteiger partial charge in [-0.05, 0) is 37.9 Å². The van der Waals surface area contributed by atoms with Crippen LogP contribution in [0, 0.1) is 6.92 Å². The minimum absolute atomic E-state index is 0.0332. The van der Waals surface area contributed by atoms with E-state index in [4.69, 9.17) is 21.4 Å². The highest BCUT2D eigenvalue weighted by Crippen LogP contribution is 2.35. The molecule has 2 N–H and O–H groups in total. The van der Waals surface area contributed by atoms with Crippen LogP contribution in [0.3, 0.4) is 0 Å². The summed E-state index contributed by atoms with van der Waals surface area (Å²) >= 11 is 7.12. The zero-order valence-electron chi connectivity index (χ0n) is 11.9. The Morgan fingerprint density at radius 2 is 2.19 bits per heavy atom. The minimum atomic E-state index is -0.380. The van der Waals surface area contributed by atoms with Crippen molar-refractivity contribution >= 4 is 44.9 Å². The normalized spacial score (nSPS) is 11.1. The number of carbonyl (C=O) groups excluding carboxylic acids is 1. The van der Waals surface area contributed by atoms with Crippen molar-refractivity contribution in [1.29, 1.82) is 0 Å². The van der Waals surface area contributed by atoms with E-state index in [-0.39, 0.29) is 24.0 Å². The summed E-state index contributed by atoms with van der Waals surface area (Å²) in [5.74, 6) is 0.131. The van der Waals surface area contributed by atoms with E-state index >= 15 is 0 Å². The van der Waals surface area contributed by atoms with Gasteiger partial charge < -0.3 is 15.2 Å². The first-order valence-electron chi connectivity index (χ1n) is 6.46. The molecule has 6 nitrogen and oxygen atoms in total. The molecule has 0 aliphatic rings. The van der Waals surface area contributed by atoms with Gasteiger partial charge in [0.05, 0.1) is 18.1 Å². The molecule has 0 aromatic carbocycles. The summed E-state index contributed by atoms with van der Waals surface area (Å²) in [6.07, 6.45) is -0.191. The third-order valence-corrected chi connectivity index (χ3v) is 4.03. The molecule has 0 fully saturated rings. The number of aliphatic hydroxyl groups excluding tert-OH is 1. The number of aliphatic hydroxyl groups is 1. The summed E-state index contributed by atoms with van der Waals surface area (Å²) in [4.78, 5) is 21.5.